The number of nitrogens with zero attached hydrogens (tertiary/aromatic N) is 3. The fourth-order valence-electron chi connectivity index (χ4n) is 7.51. The van der Waals surface area contributed by atoms with Crippen molar-refractivity contribution in [2.75, 3.05) is 104 Å². The Balaban J connectivity index is 1.50. The lowest BCUT2D eigenvalue weighted by atomic mass is 9.87. The van der Waals surface area contributed by atoms with E-state index in [2.05, 4.69) is 16.0 Å². The molecule has 0 aromatic heterocycles. The number of amides is 1. The quantitative estimate of drug-likeness (QED) is 0.0218. The minimum atomic E-state index is -1.30. The van der Waals surface area contributed by atoms with Crippen LogP contribution in [0.15, 0.2) is 48.5 Å². The lowest BCUT2D eigenvalue weighted by Gasteiger charge is -2.45. The molecular weight excluding hydrogens is 917 g/mol. The van der Waals surface area contributed by atoms with Crippen molar-refractivity contribution in [3.05, 3.63) is 59.7 Å². The van der Waals surface area contributed by atoms with E-state index in [9.17, 15) is 59.1 Å². The number of hydrogen-bond donors (Lipinski definition) is 8. The van der Waals surface area contributed by atoms with Gasteiger partial charge in [0.1, 0.15) is 12.4 Å². The second-order valence-electron chi connectivity index (χ2n) is 15.5. The summed E-state index contributed by atoms with van der Waals surface area (Å²) in [6, 6.07) is 10.6. The highest BCUT2D eigenvalue weighted by atomic mass is 32.1. The molecule has 23 nitrogen and oxygen atoms in total. The van der Waals surface area contributed by atoms with Gasteiger partial charge in [0, 0.05) is 55.6 Å². The number of hydrogen-bond acceptors (Lipinski definition) is 16. The number of carbonyl (C=O) groups excluding carboxylic acids is 2. The monoisotopic (exact) mass is 978 g/mol. The molecule has 68 heavy (non-hydrogen) atoms. The first-order valence-corrected chi connectivity index (χ1v) is 22.4. The summed E-state index contributed by atoms with van der Waals surface area (Å²) in [4.78, 5) is 88.2. The number of benzene rings is 2. The molecule has 1 aliphatic carbocycles. The van der Waals surface area contributed by atoms with E-state index in [1.807, 2.05) is 6.92 Å². The van der Waals surface area contributed by atoms with Crippen LogP contribution >= 0.6 is 12.2 Å². The molecule has 2 aromatic carbocycles. The summed E-state index contributed by atoms with van der Waals surface area (Å²) in [5.41, 5.74) is 1.60. The average Bonchev–Trinajstić information content (AvgIpc) is 3.27. The van der Waals surface area contributed by atoms with Crippen molar-refractivity contribution in [2.45, 2.75) is 57.2 Å². The summed E-state index contributed by atoms with van der Waals surface area (Å²) < 4.78 is 26.2. The van der Waals surface area contributed by atoms with Gasteiger partial charge in [-0.05, 0) is 80.4 Å². The number of carboxylic acid groups (broad SMARTS) is 5. The highest BCUT2D eigenvalue weighted by Gasteiger charge is 2.38. The van der Waals surface area contributed by atoms with E-state index in [4.69, 9.17) is 35.9 Å². The van der Waals surface area contributed by atoms with Crippen LogP contribution in [0.25, 0.3) is 0 Å². The maximum absolute atomic E-state index is 12.3. The Labute approximate surface area is 398 Å². The van der Waals surface area contributed by atoms with Crippen LogP contribution in [0.1, 0.15) is 48.5 Å². The molecule has 2 aromatic rings. The lowest BCUT2D eigenvalue weighted by molar-refractivity contribution is -0.146. The van der Waals surface area contributed by atoms with Gasteiger partial charge in [-0.1, -0.05) is 25.0 Å². The maximum Gasteiger partial charge on any atom is 0.513 e. The average molecular weight is 979 g/mol. The van der Waals surface area contributed by atoms with Crippen LogP contribution in [0, 0.1) is 0 Å². The van der Waals surface area contributed by atoms with Gasteiger partial charge in [0.25, 0.3) is 5.91 Å². The third-order valence-corrected chi connectivity index (χ3v) is 10.6. The second-order valence-corrected chi connectivity index (χ2v) is 15.9. The number of aliphatic carboxylic acids is 5. The van der Waals surface area contributed by atoms with Gasteiger partial charge in [-0.25, -0.2) is 4.79 Å². The first-order chi connectivity index (χ1) is 32.5. The molecule has 0 saturated heterocycles. The van der Waals surface area contributed by atoms with Crippen LogP contribution < -0.4 is 20.7 Å². The third kappa shape index (κ3) is 22.6. The Morgan fingerprint density at radius 2 is 1.16 bits per heavy atom. The van der Waals surface area contributed by atoms with Crippen LogP contribution in [-0.4, -0.2) is 204 Å². The normalized spacial score (nSPS) is 15.1. The highest BCUT2D eigenvalue weighted by Crippen LogP contribution is 2.29. The standard InChI is InChI=1S/C44H62N6O17S/c1-2-63-19-20-64-17-15-45-42(61)31-9-13-34(14-10-31)67-44(62)66-22-21-65-18-16-46-43(68)47-32-11-7-30(8-12-32)23-33(48(25-37(51)52)26-38(53)54)24-49(27-39(55)56)35-5-3-4-6-36(35)50(28-40(57)58)29-41(59)60/h7-14,33,35-36H,2-6,15-29H2,1H3,(H,45,61)(H,51,52)(H,53,54)(H,55,56)(H,57,58)(H,59,60)(H2,46,47,68)/t33-,35+,36+/m0/s1. The van der Waals surface area contributed by atoms with Gasteiger partial charge in [0.2, 0.25) is 0 Å². The first-order valence-electron chi connectivity index (χ1n) is 22.0. The number of anilines is 1. The number of thiocarbonyl (C=S) groups is 1. The Kier molecular flexibility index (Phi) is 25.8. The Morgan fingerprint density at radius 3 is 1.72 bits per heavy atom. The minimum absolute atomic E-state index is 0.0629. The topological polar surface area (TPSA) is 313 Å². The fourth-order valence-corrected chi connectivity index (χ4v) is 7.73. The van der Waals surface area contributed by atoms with Gasteiger partial charge in [-0.15, -0.1) is 0 Å². The predicted molar refractivity (Wildman–Crippen MR) is 246 cm³/mol. The molecule has 0 spiro atoms. The molecule has 0 heterocycles. The fraction of sp³-hybridized carbons (Fsp3) is 0.545. The van der Waals surface area contributed by atoms with E-state index in [1.54, 1.807) is 29.2 Å². The molecular formula is C44H62N6O17S. The number of carbonyl (C=O) groups is 7. The molecule has 3 rings (SSSR count). The molecule has 1 fully saturated rings. The third-order valence-electron chi connectivity index (χ3n) is 10.4. The molecule has 24 heteroatoms. The SMILES string of the molecule is CCOCCOCCNC(=O)c1ccc(OC(=O)OCCOCCNC(=S)Nc2ccc(C[C@@H](CN(CC(=O)O)[C@@H]3CCCC[C@H]3N(CC(=O)O)CC(=O)O)N(CC(=O)O)CC(=O)O)cc2)cc1. The zero-order valence-corrected chi connectivity index (χ0v) is 38.7. The molecule has 3 atom stereocenters. The van der Waals surface area contributed by atoms with Crippen molar-refractivity contribution in [3.63, 3.8) is 0 Å². The number of rotatable bonds is 33. The Morgan fingerprint density at radius 1 is 0.647 bits per heavy atom. The Hall–Kier alpha value is -6.02. The molecule has 0 aliphatic heterocycles. The smallest absolute Gasteiger partial charge is 0.480 e. The van der Waals surface area contributed by atoms with Gasteiger partial charge in [-0.2, -0.15) is 0 Å². The lowest BCUT2D eigenvalue weighted by Crippen LogP contribution is -2.59. The van der Waals surface area contributed by atoms with Crippen molar-refractivity contribution in [2.24, 2.45) is 0 Å². The van der Waals surface area contributed by atoms with Crippen LogP contribution in [-0.2, 0) is 49.3 Å². The summed E-state index contributed by atoms with van der Waals surface area (Å²) in [7, 11) is 0. The Bertz CT molecular complexity index is 1910. The zero-order chi connectivity index (χ0) is 49.8. The van der Waals surface area contributed by atoms with E-state index < -0.39 is 86.9 Å². The number of ether oxygens (including phenoxy) is 5. The summed E-state index contributed by atoms with van der Waals surface area (Å²) in [6.45, 7) is 1.32. The molecule has 0 bridgehead atoms. The number of nitrogens with one attached hydrogen (secondary N) is 3. The van der Waals surface area contributed by atoms with E-state index in [0.29, 0.717) is 82.0 Å². The highest BCUT2D eigenvalue weighted by molar-refractivity contribution is 7.80. The van der Waals surface area contributed by atoms with Crippen molar-refractivity contribution in [3.8, 4) is 5.75 Å². The predicted octanol–water partition coefficient (Wildman–Crippen LogP) is 1.54. The van der Waals surface area contributed by atoms with Gasteiger partial charge in [0.15, 0.2) is 5.11 Å². The summed E-state index contributed by atoms with van der Waals surface area (Å²) in [5.74, 6) is -6.48. The molecule has 8 N–H and O–H groups in total. The molecule has 1 amide bonds. The van der Waals surface area contributed by atoms with E-state index in [1.165, 1.54) is 34.1 Å². The van der Waals surface area contributed by atoms with Crippen LogP contribution in [0.4, 0.5) is 10.5 Å². The van der Waals surface area contributed by atoms with Crippen LogP contribution in [0.5, 0.6) is 5.75 Å². The minimum Gasteiger partial charge on any atom is -0.480 e. The summed E-state index contributed by atoms with van der Waals surface area (Å²) in [5, 5.41) is 57.6. The number of carboxylic acids is 5. The second kappa shape index (κ2) is 31.1. The molecule has 0 radical (unpaired) electrons. The van der Waals surface area contributed by atoms with Crippen molar-refractivity contribution < 1.29 is 82.8 Å². The van der Waals surface area contributed by atoms with Gasteiger partial charge >= 0.3 is 36.0 Å². The van der Waals surface area contributed by atoms with Crippen molar-refractivity contribution in [1.82, 2.24) is 25.3 Å². The van der Waals surface area contributed by atoms with Gasteiger partial charge < -0.3 is 65.2 Å². The van der Waals surface area contributed by atoms with Crippen molar-refractivity contribution >= 4 is 64.9 Å². The molecule has 0 unspecified atom stereocenters. The summed E-state index contributed by atoms with van der Waals surface area (Å²) >= 11 is 5.40. The van der Waals surface area contributed by atoms with E-state index >= 15 is 0 Å². The van der Waals surface area contributed by atoms with E-state index in [0.717, 1.165) is 0 Å². The van der Waals surface area contributed by atoms with Crippen molar-refractivity contribution in [1.29, 1.82) is 0 Å². The van der Waals surface area contributed by atoms with Crippen LogP contribution in [0.2, 0.25) is 0 Å². The van der Waals surface area contributed by atoms with Gasteiger partial charge in [-0.3, -0.25) is 43.5 Å². The van der Waals surface area contributed by atoms with E-state index in [-0.39, 0.29) is 49.6 Å². The molecule has 1 saturated carbocycles. The van der Waals surface area contributed by atoms with Gasteiger partial charge in [0.05, 0.1) is 65.8 Å². The zero-order valence-electron chi connectivity index (χ0n) is 37.9. The first kappa shape index (κ1) is 56.3. The molecule has 376 valence electrons. The summed E-state index contributed by atoms with van der Waals surface area (Å²) in [6.07, 6.45) is 1.22. The van der Waals surface area contributed by atoms with Crippen LogP contribution in [0.3, 0.4) is 0 Å². The molecule has 1 aliphatic rings. The largest absolute Gasteiger partial charge is 0.513 e. The maximum atomic E-state index is 12.3.